The molecule has 0 unspecified atom stereocenters. The predicted molar refractivity (Wildman–Crippen MR) is 114 cm³/mol. The Labute approximate surface area is 173 Å². The summed E-state index contributed by atoms with van der Waals surface area (Å²) in [6, 6.07) is 15.6. The molecule has 29 heavy (non-hydrogen) atoms. The average molecular weight is 404 g/mol. The van der Waals surface area contributed by atoms with Gasteiger partial charge in [-0.3, -0.25) is 9.78 Å². The summed E-state index contributed by atoms with van der Waals surface area (Å²) in [7, 11) is 0. The fourth-order valence-corrected chi connectivity index (χ4v) is 4.43. The molecule has 0 bridgehead atoms. The lowest BCUT2D eigenvalue weighted by atomic mass is 10.0. The molecule has 1 N–H and O–H groups in total. The molecule has 0 aliphatic carbocycles. The normalized spacial score (nSPS) is 14.4. The van der Waals surface area contributed by atoms with Gasteiger partial charge in [-0.05, 0) is 56.2 Å². The van der Waals surface area contributed by atoms with Crippen LogP contribution in [0.4, 0.5) is 5.69 Å². The van der Waals surface area contributed by atoms with Gasteiger partial charge in [-0.15, -0.1) is 11.3 Å². The number of aromatic nitrogens is 2. The first kappa shape index (κ1) is 19.1. The van der Waals surface area contributed by atoms with Crippen LogP contribution < -0.4 is 10.2 Å². The number of hydrogen-bond acceptors (Lipinski definition) is 6. The topological polar surface area (TPSA) is 81.9 Å². The number of piperidine rings is 1. The third-order valence-corrected chi connectivity index (χ3v) is 6.26. The van der Waals surface area contributed by atoms with Crippen molar-refractivity contribution in [1.82, 2.24) is 15.3 Å². The molecule has 1 aliphatic heterocycles. The maximum absolute atomic E-state index is 12.8. The van der Waals surface area contributed by atoms with E-state index in [1.54, 1.807) is 6.20 Å². The van der Waals surface area contributed by atoms with E-state index in [0.29, 0.717) is 10.4 Å². The minimum absolute atomic E-state index is 0.0565. The third kappa shape index (κ3) is 4.28. The Morgan fingerprint density at radius 1 is 1.21 bits per heavy atom. The van der Waals surface area contributed by atoms with Gasteiger partial charge in [0.05, 0.1) is 23.0 Å². The molecule has 1 aromatic carbocycles. The molecule has 1 saturated heterocycles. The number of nitrogens with one attached hydrogen (secondary N) is 1. The second kappa shape index (κ2) is 8.41. The van der Waals surface area contributed by atoms with Gasteiger partial charge in [-0.25, -0.2) is 4.98 Å². The Kier molecular flexibility index (Phi) is 5.54. The average Bonchev–Trinajstić information content (AvgIpc) is 3.17. The Morgan fingerprint density at radius 2 is 1.97 bits per heavy atom. The predicted octanol–water partition coefficient (Wildman–Crippen LogP) is 3.78. The van der Waals surface area contributed by atoms with E-state index in [1.807, 2.05) is 49.4 Å². The van der Waals surface area contributed by atoms with Crippen LogP contribution in [0.25, 0.3) is 10.7 Å². The van der Waals surface area contributed by atoms with Gasteiger partial charge in [-0.1, -0.05) is 6.07 Å². The van der Waals surface area contributed by atoms with E-state index in [0.717, 1.165) is 48.0 Å². The van der Waals surface area contributed by atoms with Crippen molar-refractivity contribution in [3.63, 3.8) is 0 Å². The van der Waals surface area contributed by atoms with Crippen molar-refractivity contribution in [2.45, 2.75) is 25.8 Å². The van der Waals surface area contributed by atoms with Crippen molar-refractivity contribution in [2.75, 3.05) is 18.0 Å². The molecule has 1 amide bonds. The zero-order valence-corrected chi connectivity index (χ0v) is 16.9. The Morgan fingerprint density at radius 3 is 2.62 bits per heavy atom. The summed E-state index contributed by atoms with van der Waals surface area (Å²) in [4.78, 5) is 24.6. The van der Waals surface area contributed by atoms with Gasteiger partial charge < -0.3 is 10.2 Å². The molecular weight excluding hydrogens is 382 g/mol. The number of anilines is 1. The number of nitrogens with zero attached hydrogens (tertiary/aromatic N) is 4. The molecule has 0 radical (unpaired) electrons. The zero-order chi connectivity index (χ0) is 20.2. The molecule has 3 aromatic rings. The van der Waals surface area contributed by atoms with Gasteiger partial charge in [0, 0.05) is 31.0 Å². The van der Waals surface area contributed by atoms with E-state index in [9.17, 15) is 4.79 Å². The number of pyridine rings is 1. The Balaban J connectivity index is 1.36. The summed E-state index contributed by atoms with van der Waals surface area (Å²) < 4.78 is 0. The highest BCUT2D eigenvalue weighted by Crippen LogP contribution is 2.27. The van der Waals surface area contributed by atoms with Crippen LogP contribution in [0.5, 0.6) is 0 Å². The molecule has 0 atom stereocenters. The first-order valence-corrected chi connectivity index (χ1v) is 10.4. The molecule has 3 heterocycles. The van der Waals surface area contributed by atoms with Crippen LogP contribution in [0.2, 0.25) is 0 Å². The summed E-state index contributed by atoms with van der Waals surface area (Å²) in [5, 5.41) is 12.9. The van der Waals surface area contributed by atoms with Gasteiger partial charge in [-0.2, -0.15) is 5.26 Å². The molecule has 6 nitrogen and oxygen atoms in total. The van der Waals surface area contributed by atoms with Crippen LogP contribution in [0, 0.1) is 18.3 Å². The second-order valence-corrected chi connectivity index (χ2v) is 8.04. The van der Waals surface area contributed by atoms with Crippen LogP contribution in [0.15, 0.2) is 48.7 Å². The van der Waals surface area contributed by atoms with E-state index in [-0.39, 0.29) is 11.9 Å². The molecule has 1 fully saturated rings. The lowest BCUT2D eigenvalue weighted by Crippen LogP contribution is -2.44. The van der Waals surface area contributed by atoms with Crippen LogP contribution in [0.3, 0.4) is 0 Å². The summed E-state index contributed by atoms with van der Waals surface area (Å²) in [5.41, 5.74) is 3.31. The van der Waals surface area contributed by atoms with E-state index in [1.165, 1.54) is 11.3 Å². The number of benzene rings is 1. The van der Waals surface area contributed by atoms with Gasteiger partial charge in [0.2, 0.25) is 0 Å². The summed E-state index contributed by atoms with van der Waals surface area (Å²) >= 11 is 1.39. The maximum atomic E-state index is 12.8. The largest absolute Gasteiger partial charge is 0.371 e. The molecule has 2 aromatic heterocycles. The minimum Gasteiger partial charge on any atom is -0.371 e. The third-order valence-electron chi connectivity index (χ3n) is 5.08. The maximum Gasteiger partial charge on any atom is 0.263 e. The molecular formula is C22H21N5OS. The van der Waals surface area contributed by atoms with Crippen molar-refractivity contribution in [3.05, 3.63) is 64.8 Å². The van der Waals surface area contributed by atoms with Gasteiger partial charge >= 0.3 is 0 Å². The molecule has 0 saturated carbocycles. The minimum atomic E-state index is -0.0565. The molecule has 0 spiro atoms. The SMILES string of the molecule is Cc1nc(-c2ccccn2)sc1C(=O)NC1CCN(c2ccc(C#N)cc2)CC1. The Bertz CT molecular complexity index is 1030. The molecule has 1 aliphatic rings. The van der Waals surface area contributed by atoms with E-state index in [2.05, 4.69) is 26.3 Å². The van der Waals surface area contributed by atoms with Crippen LogP contribution in [-0.4, -0.2) is 35.0 Å². The van der Waals surface area contributed by atoms with Crippen LogP contribution >= 0.6 is 11.3 Å². The number of thiazole rings is 1. The van der Waals surface area contributed by atoms with Crippen molar-refractivity contribution in [2.24, 2.45) is 0 Å². The first-order chi connectivity index (χ1) is 14.1. The van der Waals surface area contributed by atoms with Crippen molar-refractivity contribution < 1.29 is 4.79 Å². The summed E-state index contributed by atoms with van der Waals surface area (Å²) in [5.74, 6) is -0.0565. The lowest BCUT2D eigenvalue weighted by molar-refractivity contribution is 0.0934. The lowest BCUT2D eigenvalue weighted by Gasteiger charge is -2.34. The fraction of sp³-hybridized carbons (Fsp3) is 0.273. The first-order valence-electron chi connectivity index (χ1n) is 9.59. The van der Waals surface area contributed by atoms with Gasteiger partial charge in [0.1, 0.15) is 9.88 Å². The number of amides is 1. The second-order valence-electron chi connectivity index (χ2n) is 7.04. The van der Waals surface area contributed by atoms with E-state index in [4.69, 9.17) is 5.26 Å². The number of rotatable bonds is 4. The van der Waals surface area contributed by atoms with Crippen molar-refractivity contribution in [3.8, 4) is 16.8 Å². The van der Waals surface area contributed by atoms with Crippen LogP contribution in [0.1, 0.15) is 33.8 Å². The zero-order valence-electron chi connectivity index (χ0n) is 16.1. The number of aryl methyl sites for hydroxylation is 1. The summed E-state index contributed by atoms with van der Waals surface area (Å²) in [6.45, 7) is 3.61. The monoisotopic (exact) mass is 403 g/mol. The standard InChI is InChI=1S/C22H21N5OS/c1-15-20(29-22(25-15)19-4-2-3-11-24-19)21(28)26-17-9-12-27(13-10-17)18-7-5-16(14-23)6-8-18/h2-8,11,17H,9-10,12-13H2,1H3,(H,26,28). The highest BCUT2D eigenvalue weighted by Gasteiger charge is 2.24. The quantitative estimate of drug-likeness (QED) is 0.717. The van der Waals surface area contributed by atoms with Gasteiger partial charge in [0.25, 0.3) is 5.91 Å². The number of carbonyl (C=O) groups is 1. The smallest absolute Gasteiger partial charge is 0.263 e. The van der Waals surface area contributed by atoms with Crippen molar-refractivity contribution in [1.29, 1.82) is 5.26 Å². The summed E-state index contributed by atoms with van der Waals surface area (Å²) in [6.07, 6.45) is 3.50. The number of hydrogen-bond donors (Lipinski definition) is 1. The number of carbonyl (C=O) groups excluding carboxylic acids is 1. The van der Waals surface area contributed by atoms with Crippen LogP contribution in [-0.2, 0) is 0 Å². The highest BCUT2D eigenvalue weighted by molar-refractivity contribution is 7.17. The fourth-order valence-electron chi connectivity index (χ4n) is 3.49. The molecule has 4 rings (SSSR count). The van der Waals surface area contributed by atoms with Crippen molar-refractivity contribution >= 4 is 22.9 Å². The highest BCUT2D eigenvalue weighted by atomic mass is 32.1. The Hall–Kier alpha value is -3.24. The molecule has 7 heteroatoms. The molecule has 146 valence electrons. The van der Waals surface area contributed by atoms with E-state index < -0.39 is 0 Å². The number of nitriles is 1. The van der Waals surface area contributed by atoms with Gasteiger partial charge in [0.15, 0.2) is 0 Å². The van der Waals surface area contributed by atoms with E-state index >= 15 is 0 Å².